The van der Waals surface area contributed by atoms with Gasteiger partial charge in [-0.1, -0.05) is 0 Å². The van der Waals surface area contributed by atoms with E-state index in [0.29, 0.717) is 5.69 Å². The van der Waals surface area contributed by atoms with Crippen molar-refractivity contribution in [2.75, 3.05) is 5.73 Å². The molecule has 1 atom stereocenters. The van der Waals surface area contributed by atoms with Gasteiger partial charge in [-0.05, 0) is 6.07 Å². The summed E-state index contributed by atoms with van der Waals surface area (Å²) in [6.45, 7) is 0. The predicted octanol–water partition coefficient (Wildman–Crippen LogP) is 0.425. The molecule has 0 spiro atoms. The first-order valence-electron chi connectivity index (χ1n) is 2.80. The largest absolute Gasteiger partial charge is 0.422 e. The van der Waals surface area contributed by atoms with Crippen molar-refractivity contribution in [3.05, 3.63) is 18.5 Å². The molecule has 1 aromatic rings. The second kappa shape index (κ2) is 3.37. The summed E-state index contributed by atoms with van der Waals surface area (Å²) in [4.78, 5) is 12.0. The van der Waals surface area contributed by atoms with Crippen LogP contribution in [0.4, 0.5) is 5.69 Å². The molecule has 1 rings (SSSR count). The maximum absolute atomic E-state index is 10.2. The fourth-order valence-corrected chi connectivity index (χ4v) is 0.929. The van der Waals surface area contributed by atoms with Crippen LogP contribution in [0.5, 0.6) is 5.75 Å². The number of hydrogen-bond donors (Lipinski definition) is 2. The van der Waals surface area contributed by atoms with Crippen molar-refractivity contribution in [1.82, 2.24) is 4.98 Å². The third-order valence-electron chi connectivity index (χ3n) is 1.01. The highest BCUT2D eigenvalue weighted by molar-refractivity contribution is 7.32. The van der Waals surface area contributed by atoms with Crippen LogP contribution in [-0.4, -0.2) is 9.88 Å². The predicted molar refractivity (Wildman–Crippen MR) is 40.5 cm³/mol. The molecule has 0 aliphatic rings. The summed E-state index contributed by atoms with van der Waals surface area (Å²) in [6, 6.07) is 1.49. The molecule has 0 fully saturated rings. The van der Waals surface area contributed by atoms with Gasteiger partial charge >= 0.3 is 8.25 Å². The van der Waals surface area contributed by atoms with Crippen LogP contribution < -0.4 is 10.3 Å². The van der Waals surface area contributed by atoms with E-state index < -0.39 is 8.25 Å². The van der Waals surface area contributed by atoms with Crippen molar-refractivity contribution in [2.24, 2.45) is 0 Å². The first-order chi connectivity index (χ1) is 5.20. The highest BCUT2D eigenvalue weighted by Crippen LogP contribution is 2.26. The molecule has 0 saturated heterocycles. The van der Waals surface area contributed by atoms with Crippen molar-refractivity contribution in [3.63, 3.8) is 0 Å². The van der Waals surface area contributed by atoms with Crippen LogP contribution in [0.1, 0.15) is 0 Å². The van der Waals surface area contributed by atoms with E-state index in [1.165, 1.54) is 18.5 Å². The SMILES string of the molecule is Nc1ccncc1O[PH](=O)O. The average Bonchev–Trinajstić information content (AvgIpc) is 1.93. The van der Waals surface area contributed by atoms with Crippen molar-refractivity contribution in [2.45, 2.75) is 0 Å². The summed E-state index contributed by atoms with van der Waals surface area (Å²) >= 11 is 0. The Labute approximate surface area is 63.8 Å². The van der Waals surface area contributed by atoms with Crippen LogP contribution in [0.15, 0.2) is 18.5 Å². The lowest BCUT2D eigenvalue weighted by molar-refractivity contribution is 0.410. The molecule has 0 radical (unpaired) electrons. The molecule has 0 aromatic carbocycles. The zero-order valence-corrected chi connectivity index (χ0v) is 6.52. The molecule has 0 aliphatic heterocycles. The van der Waals surface area contributed by atoms with Crippen molar-refractivity contribution in [1.29, 1.82) is 0 Å². The highest BCUT2D eigenvalue weighted by atomic mass is 31.1. The summed E-state index contributed by atoms with van der Waals surface area (Å²) in [7, 11) is -2.98. The maximum atomic E-state index is 10.2. The Morgan fingerprint density at radius 3 is 3.00 bits per heavy atom. The number of pyridine rings is 1. The monoisotopic (exact) mass is 174 g/mol. The minimum absolute atomic E-state index is 0.138. The molecule has 0 bridgehead atoms. The van der Waals surface area contributed by atoms with Crippen LogP contribution >= 0.6 is 8.25 Å². The standard InChI is InChI=1S/C5H7N2O3P/c6-4-1-2-7-3-5(4)10-11(8)9/h1-3,11H,(H2,6,7)(H,8,9). The first kappa shape index (κ1) is 8.04. The van der Waals surface area contributed by atoms with Gasteiger partial charge in [-0.3, -0.25) is 4.98 Å². The van der Waals surface area contributed by atoms with Crippen molar-refractivity contribution in [3.8, 4) is 5.75 Å². The molecule has 1 heterocycles. The third-order valence-corrected chi connectivity index (χ3v) is 1.41. The number of aromatic nitrogens is 1. The second-order valence-electron chi connectivity index (χ2n) is 1.78. The van der Waals surface area contributed by atoms with Crippen LogP contribution in [0.2, 0.25) is 0 Å². The van der Waals surface area contributed by atoms with Gasteiger partial charge in [0.2, 0.25) is 0 Å². The van der Waals surface area contributed by atoms with E-state index in [2.05, 4.69) is 9.51 Å². The minimum Gasteiger partial charge on any atom is -0.422 e. The number of nitrogens with two attached hydrogens (primary N) is 1. The normalized spacial score (nSPS) is 12.5. The fourth-order valence-electron chi connectivity index (χ4n) is 0.570. The quantitative estimate of drug-likeness (QED) is 0.634. The van der Waals surface area contributed by atoms with Gasteiger partial charge in [-0.25, -0.2) is 4.57 Å². The van der Waals surface area contributed by atoms with Crippen LogP contribution in [-0.2, 0) is 4.57 Å². The van der Waals surface area contributed by atoms with E-state index in [4.69, 9.17) is 10.6 Å². The second-order valence-corrected chi connectivity index (χ2v) is 2.52. The molecule has 11 heavy (non-hydrogen) atoms. The molecule has 1 unspecified atom stereocenters. The van der Waals surface area contributed by atoms with Gasteiger partial charge in [0.25, 0.3) is 0 Å². The summed E-state index contributed by atoms with van der Waals surface area (Å²) < 4.78 is 14.7. The molecular formula is C5H7N2O3P. The highest BCUT2D eigenvalue weighted by Gasteiger charge is 2.00. The maximum Gasteiger partial charge on any atom is 0.365 e. The third kappa shape index (κ3) is 2.22. The summed E-state index contributed by atoms with van der Waals surface area (Å²) in [5.41, 5.74) is 5.67. The zero-order chi connectivity index (χ0) is 8.27. The molecule has 0 amide bonds. The van der Waals surface area contributed by atoms with Gasteiger partial charge in [-0.15, -0.1) is 0 Å². The lowest BCUT2D eigenvalue weighted by Crippen LogP contribution is -1.90. The lowest BCUT2D eigenvalue weighted by atomic mass is 10.4. The number of hydrogen-bond acceptors (Lipinski definition) is 4. The Hall–Kier alpha value is -1.06. The fraction of sp³-hybridized carbons (Fsp3) is 0. The molecule has 1 aromatic heterocycles. The summed E-state index contributed by atoms with van der Waals surface area (Å²) in [5, 5.41) is 0. The first-order valence-corrected chi connectivity index (χ1v) is 4.07. The Balaban J connectivity index is 2.86. The molecule has 5 nitrogen and oxygen atoms in total. The molecule has 60 valence electrons. The Morgan fingerprint density at radius 2 is 2.45 bits per heavy atom. The Kier molecular flexibility index (Phi) is 2.46. The zero-order valence-electron chi connectivity index (χ0n) is 5.52. The average molecular weight is 174 g/mol. The Morgan fingerprint density at radius 1 is 1.73 bits per heavy atom. The molecular weight excluding hydrogens is 167 g/mol. The van der Waals surface area contributed by atoms with E-state index in [1.54, 1.807) is 0 Å². The van der Waals surface area contributed by atoms with E-state index in [1.807, 2.05) is 0 Å². The molecule has 3 N–H and O–H groups in total. The number of nitrogen functional groups attached to an aromatic ring is 1. The van der Waals surface area contributed by atoms with Gasteiger partial charge in [0.05, 0.1) is 11.9 Å². The Bertz CT molecular complexity index is 278. The van der Waals surface area contributed by atoms with E-state index >= 15 is 0 Å². The van der Waals surface area contributed by atoms with Gasteiger partial charge < -0.3 is 15.2 Å². The van der Waals surface area contributed by atoms with Crippen molar-refractivity contribution >= 4 is 13.9 Å². The van der Waals surface area contributed by atoms with E-state index in [-0.39, 0.29) is 5.75 Å². The number of nitrogens with zero attached hydrogens (tertiary/aromatic N) is 1. The van der Waals surface area contributed by atoms with Crippen LogP contribution in [0.25, 0.3) is 0 Å². The summed E-state index contributed by atoms with van der Waals surface area (Å²) in [5.74, 6) is 0.138. The van der Waals surface area contributed by atoms with Gasteiger partial charge in [0.1, 0.15) is 0 Å². The van der Waals surface area contributed by atoms with Gasteiger partial charge in [-0.2, -0.15) is 0 Å². The van der Waals surface area contributed by atoms with Crippen molar-refractivity contribution < 1.29 is 14.0 Å². The lowest BCUT2D eigenvalue weighted by Gasteiger charge is -2.02. The van der Waals surface area contributed by atoms with Gasteiger partial charge in [0, 0.05) is 6.20 Å². The summed E-state index contributed by atoms with van der Waals surface area (Å²) in [6.07, 6.45) is 2.75. The topological polar surface area (TPSA) is 85.4 Å². The van der Waals surface area contributed by atoms with Gasteiger partial charge in [0.15, 0.2) is 5.75 Å². The molecule has 0 saturated carbocycles. The number of rotatable bonds is 2. The smallest absolute Gasteiger partial charge is 0.365 e. The van der Waals surface area contributed by atoms with Crippen LogP contribution in [0, 0.1) is 0 Å². The van der Waals surface area contributed by atoms with E-state index in [9.17, 15) is 4.57 Å². The number of anilines is 1. The van der Waals surface area contributed by atoms with E-state index in [0.717, 1.165) is 0 Å². The molecule has 0 aliphatic carbocycles. The van der Waals surface area contributed by atoms with Crippen LogP contribution in [0.3, 0.4) is 0 Å². The minimum atomic E-state index is -2.98. The molecule has 6 heteroatoms.